The highest BCUT2D eigenvalue weighted by molar-refractivity contribution is 6.32. The summed E-state index contributed by atoms with van der Waals surface area (Å²) in [4.78, 5) is 24.3. The normalized spacial score (nSPS) is 18.0. The molecule has 0 fully saturated rings. The molecule has 0 aromatic heterocycles. The van der Waals surface area contributed by atoms with E-state index in [0.29, 0.717) is 40.9 Å². The van der Waals surface area contributed by atoms with Gasteiger partial charge in [0.1, 0.15) is 17.5 Å². The van der Waals surface area contributed by atoms with Gasteiger partial charge >= 0.3 is 5.97 Å². The van der Waals surface area contributed by atoms with Gasteiger partial charge in [0.2, 0.25) is 0 Å². The van der Waals surface area contributed by atoms with Crippen LogP contribution in [0.25, 0.3) is 0 Å². The summed E-state index contributed by atoms with van der Waals surface area (Å²) in [6.45, 7) is 0.908. The van der Waals surface area contributed by atoms with Crippen LogP contribution in [-0.2, 0) is 11.2 Å². The minimum absolute atomic E-state index is 0.101. The lowest BCUT2D eigenvalue weighted by Gasteiger charge is -2.18. The number of hydrogen-bond acceptors (Lipinski definition) is 4. The molecule has 2 aliphatic heterocycles. The summed E-state index contributed by atoms with van der Waals surface area (Å²) in [5.74, 6) is -0.635. The first-order chi connectivity index (χ1) is 13.0. The maximum atomic E-state index is 12.6. The van der Waals surface area contributed by atoms with E-state index in [9.17, 15) is 14.7 Å². The van der Waals surface area contributed by atoms with Crippen molar-refractivity contribution in [2.45, 2.75) is 25.3 Å². The number of carboxylic acid groups (broad SMARTS) is 1. The Balaban J connectivity index is 1.90. The Morgan fingerprint density at radius 2 is 1.78 bits per heavy atom. The number of carbonyl (C=O) groups excluding carboxylic acids is 1. The van der Waals surface area contributed by atoms with E-state index in [-0.39, 0.29) is 6.42 Å². The zero-order valence-electron chi connectivity index (χ0n) is 14.6. The van der Waals surface area contributed by atoms with Crippen LogP contribution in [-0.4, -0.2) is 36.2 Å². The second-order valence-corrected chi connectivity index (χ2v) is 6.64. The molecule has 2 aromatic carbocycles. The molecule has 4 rings (SSSR count). The fourth-order valence-electron chi connectivity index (χ4n) is 2.81. The molecule has 1 amide bonds. The standard InChI is InChI=1S/C20H20ClNO5/c21-15-11-13-7-8-18(15)27-10-4-3-9-26-17-6-2-1-5-14(17)19(23)22-16(12-13)20(24)25/h1-2,5-8,11,16H,3-4,9-10,12H2,(H,22,23)(H,24,25). The van der Waals surface area contributed by atoms with E-state index >= 15 is 0 Å². The summed E-state index contributed by atoms with van der Waals surface area (Å²) in [5.41, 5.74) is 0.997. The Morgan fingerprint density at radius 1 is 1.07 bits per heavy atom. The number of carboxylic acids is 1. The number of aliphatic carboxylic acids is 1. The Labute approximate surface area is 162 Å². The quantitative estimate of drug-likeness (QED) is 0.781. The Hall–Kier alpha value is -2.73. The number of rotatable bonds is 1. The number of halogens is 1. The number of hydrogen-bond donors (Lipinski definition) is 2. The van der Waals surface area contributed by atoms with Crippen molar-refractivity contribution in [3.8, 4) is 11.5 Å². The van der Waals surface area contributed by atoms with Gasteiger partial charge in [0.15, 0.2) is 0 Å². The Morgan fingerprint density at radius 3 is 2.48 bits per heavy atom. The minimum atomic E-state index is -1.13. The summed E-state index contributed by atoms with van der Waals surface area (Å²) in [6, 6.07) is 10.8. The van der Waals surface area contributed by atoms with Gasteiger partial charge in [0.05, 0.1) is 23.8 Å². The van der Waals surface area contributed by atoms with Crippen molar-refractivity contribution in [3.63, 3.8) is 0 Å². The molecular weight excluding hydrogens is 370 g/mol. The molecule has 142 valence electrons. The van der Waals surface area contributed by atoms with Crippen LogP contribution in [0, 0.1) is 0 Å². The number of nitrogens with one attached hydrogen (secondary N) is 1. The van der Waals surface area contributed by atoms with Crippen molar-refractivity contribution in [3.05, 3.63) is 58.6 Å². The summed E-state index contributed by atoms with van der Waals surface area (Å²) in [7, 11) is 0. The zero-order chi connectivity index (χ0) is 19.2. The van der Waals surface area contributed by atoms with Gasteiger partial charge in [-0.2, -0.15) is 0 Å². The molecule has 7 heteroatoms. The van der Waals surface area contributed by atoms with Crippen molar-refractivity contribution in [2.24, 2.45) is 0 Å². The van der Waals surface area contributed by atoms with Crippen LogP contribution < -0.4 is 14.8 Å². The molecule has 2 N–H and O–H groups in total. The molecule has 2 heterocycles. The van der Waals surface area contributed by atoms with E-state index in [1.54, 1.807) is 42.5 Å². The molecule has 0 spiro atoms. The molecule has 0 aliphatic carbocycles. The molecule has 2 aromatic rings. The largest absolute Gasteiger partial charge is 0.493 e. The van der Waals surface area contributed by atoms with E-state index in [0.717, 1.165) is 12.8 Å². The number of fused-ring (bicyclic) bond motifs is 10. The molecule has 0 saturated heterocycles. The monoisotopic (exact) mass is 389 g/mol. The molecule has 0 saturated carbocycles. The highest BCUT2D eigenvalue weighted by atomic mass is 35.5. The molecule has 2 aliphatic rings. The number of para-hydroxylation sites is 1. The third kappa shape index (κ3) is 4.92. The van der Waals surface area contributed by atoms with E-state index in [2.05, 4.69) is 5.32 Å². The Bertz CT molecular complexity index is 839. The highest BCUT2D eigenvalue weighted by Gasteiger charge is 2.23. The van der Waals surface area contributed by atoms with Crippen LogP contribution in [0.2, 0.25) is 5.02 Å². The molecule has 1 atom stereocenters. The van der Waals surface area contributed by atoms with Gasteiger partial charge in [-0.3, -0.25) is 4.79 Å². The zero-order valence-corrected chi connectivity index (χ0v) is 15.4. The van der Waals surface area contributed by atoms with E-state index < -0.39 is 17.9 Å². The molecule has 1 unspecified atom stereocenters. The molecular formula is C20H20ClNO5. The second-order valence-electron chi connectivity index (χ2n) is 6.23. The number of benzene rings is 2. The molecule has 27 heavy (non-hydrogen) atoms. The van der Waals surface area contributed by atoms with E-state index in [4.69, 9.17) is 21.1 Å². The van der Waals surface area contributed by atoms with Crippen LogP contribution in [0.3, 0.4) is 0 Å². The number of carbonyl (C=O) groups is 2. The first-order valence-corrected chi connectivity index (χ1v) is 9.09. The topological polar surface area (TPSA) is 84.9 Å². The summed E-state index contributed by atoms with van der Waals surface area (Å²) in [5, 5.41) is 12.5. The number of ether oxygens (including phenoxy) is 2. The summed E-state index contributed by atoms with van der Waals surface area (Å²) < 4.78 is 11.4. The minimum Gasteiger partial charge on any atom is -0.493 e. The van der Waals surface area contributed by atoms with Crippen molar-refractivity contribution >= 4 is 23.5 Å². The smallest absolute Gasteiger partial charge is 0.326 e. The van der Waals surface area contributed by atoms with Gasteiger partial charge in [-0.05, 0) is 42.7 Å². The third-order valence-electron chi connectivity index (χ3n) is 4.23. The molecule has 0 radical (unpaired) electrons. The lowest BCUT2D eigenvalue weighted by atomic mass is 10.0. The second kappa shape index (κ2) is 8.77. The highest BCUT2D eigenvalue weighted by Crippen LogP contribution is 2.27. The predicted octanol–water partition coefficient (Wildman–Crippen LogP) is 3.32. The average molecular weight is 390 g/mol. The van der Waals surface area contributed by atoms with Crippen molar-refractivity contribution in [1.82, 2.24) is 5.32 Å². The van der Waals surface area contributed by atoms with Gasteiger partial charge in [-0.1, -0.05) is 29.8 Å². The fraction of sp³-hybridized carbons (Fsp3) is 0.300. The van der Waals surface area contributed by atoms with Crippen LogP contribution in [0.4, 0.5) is 0 Å². The maximum Gasteiger partial charge on any atom is 0.326 e. The summed E-state index contributed by atoms with van der Waals surface area (Å²) >= 11 is 6.23. The van der Waals surface area contributed by atoms with Crippen molar-refractivity contribution in [2.75, 3.05) is 13.2 Å². The SMILES string of the molecule is O=C1NC(C(=O)O)Cc2ccc(c(Cl)c2)OCCCCOc2ccccc21. The van der Waals surface area contributed by atoms with Gasteiger partial charge in [-0.25, -0.2) is 4.79 Å². The third-order valence-corrected chi connectivity index (χ3v) is 4.52. The molecule has 6 nitrogen and oxygen atoms in total. The van der Waals surface area contributed by atoms with Gasteiger partial charge < -0.3 is 19.9 Å². The average Bonchev–Trinajstić information content (AvgIpc) is 2.64. The van der Waals surface area contributed by atoms with Crippen molar-refractivity contribution < 1.29 is 24.2 Å². The van der Waals surface area contributed by atoms with Gasteiger partial charge in [0, 0.05) is 6.42 Å². The van der Waals surface area contributed by atoms with Crippen molar-refractivity contribution in [1.29, 1.82) is 0 Å². The van der Waals surface area contributed by atoms with Crippen LogP contribution in [0.15, 0.2) is 42.5 Å². The lowest BCUT2D eigenvalue weighted by Crippen LogP contribution is -2.42. The van der Waals surface area contributed by atoms with Crippen LogP contribution in [0.5, 0.6) is 11.5 Å². The van der Waals surface area contributed by atoms with Crippen LogP contribution >= 0.6 is 11.6 Å². The predicted molar refractivity (Wildman–Crippen MR) is 101 cm³/mol. The number of amides is 1. The molecule has 2 bridgehead atoms. The van der Waals surface area contributed by atoms with Gasteiger partial charge in [-0.15, -0.1) is 0 Å². The first kappa shape index (κ1) is 19.0. The first-order valence-electron chi connectivity index (χ1n) is 8.71. The Kier molecular flexibility index (Phi) is 6.19. The summed E-state index contributed by atoms with van der Waals surface area (Å²) in [6.07, 6.45) is 1.61. The van der Waals surface area contributed by atoms with Crippen LogP contribution in [0.1, 0.15) is 28.8 Å². The maximum absolute atomic E-state index is 12.6. The van der Waals surface area contributed by atoms with Gasteiger partial charge in [0.25, 0.3) is 5.91 Å². The lowest BCUT2D eigenvalue weighted by molar-refractivity contribution is -0.139. The van der Waals surface area contributed by atoms with E-state index in [1.807, 2.05) is 0 Å². The van der Waals surface area contributed by atoms with E-state index in [1.165, 1.54) is 0 Å². The fourth-order valence-corrected chi connectivity index (χ4v) is 3.07.